The summed E-state index contributed by atoms with van der Waals surface area (Å²) in [4.78, 5) is 0.324. The monoisotopic (exact) mass is 379 g/mol. The van der Waals surface area contributed by atoms with Crippen LogP contribution < -0.4 is 0 Å². The first kappa shape index (κ1) is 16.3. The second-order valence-corrected chi connectivity index (χ2v) is 8.19. The van der Waals surface area contributed by atoms with Gasteiger partial charge >= 0.3 is 0 Å². The lowest BCUT2D eigenvalue weighted by atomic mass is 10.1. The van der Waals surface area contributed by atoms with E-state index in [1.54, 1.807) is 16.4 Å². The molecule has 0 radical (unpaired) electrons. The summed E-state index contributed by atoms with van der Waals surface area (Å²) >= 11 is 9.17. The topological polar surface area (TPSA) is 37.4 Å². The number of benzene rings is 1. The molecule has 1 saturated heterocycles. The molecular weight excluding hydrogens is 362 g/mol. The Bertz CT molecular complexity index is 577. The van der Waals surface area contributed by atoms with Crippen molar-refractivity contribution in [3.8, 4) is 0 Å². The Hall–Kier alpha value is -0.100. The number of rotatable bonds is 3. The molecule has 0 spiro atoms. The van der Waals surface area contributed by atoms with E-state index >= 15 is 0 Å². The Morgan fingerprint density at radius 2 is 2.10 bits per heavy atom. The summed E-state index contributed by atoms with van der Waals surface area (Å²) in [6, 6.07) is 5.31. The first-order chi connectivity index (χ1) is 9.46. The van der Waals surface area contributed by atoms with Gasteiger partial charge in [-0.3, -0.25) is 0 Å². The van der Waals surface area contributed by atoms with Gasteiger partial charge in [0.05, 0.1) is 4.90 Å². The van der Waals surface area contributed by atoms with Crippen LogP contribution in [-0.4, -0.2) is 25.3 Å². The SMILES string of the molecule is CC1CCCCCN1S(=O)(=O)c1cc(CCl)ccc1Br. The highest BCUT2D eigenvalue weighted by Gasteiger charge is 2.31. The maximum absolute atomic E-state index is 12.9. The molecule has 6 heteroatoms. The second kappa shape index (κ2) is 6.77. The summed E-state index contributed by atoms with van der Waals surface area (Å²) in [6.07, 6.45) is 4.04. The summed E-state index contributed by atoms with van der Waals surface area (Å²) < 4.78 is 28.0. The van der Waals surface area contributed by atoms with Crippen molar-refractivity contribution in [3.63, 3.8) is 0 Å². The number of alkyl halides is 1. The first-order valence-electron chi connectivity index (χ1n) is 6.83. The third-order valence-electron chi connectivity index (χ3n) is 3.73. The molecule has 1 aliphatic rings. The Morgan fingerprint density at radius 3 is 2.80 bits per heavy atom. The summed E-state index contributed by atoms with van der Waals surface area (Å²) in [7, 11) is -3.47. The number of nitrogens with zero attached hydrogens (tertiary/aromatic N) is 1. The van der Waals surface area contributed by atoms with Gasteiger partial charge in [0.15, 0.2) is 0 Å². The highest BCUT2D eigenvalue weighted by atomic mass is 79.9. The lowest BCUT2D eigenvalue weighted by Gasteiger charge is -2.26. The van der Waals surface area contributed by atoms with E-state index in [0.717, 1.165) is 31.2 Å². The van der Waals surface area contributed by atoms with Crippen LogP contribution in [0.25, 0.3) is 0 Å². The van der Waals surface area contributed by atoms with Crippen LogP contribution in [0.4, 0.5) is 0 Å². The van der Waals surface area contributed by atoms with E-state index in [1.807, 2.05) is 13.0 Å². The largest absolute Gasteiger partial charge is 0.244 e. The average molecular weight is 381 g/mol. The molecule has 1 aromatic carbocycles. The van der Waals surface area contributed by atoms with Crippen LogP contribution in [0, 0.1) is 0 Å². The average Bonchev–Trinajstić information content (AvgIpc) is 2.64. The lowest BCUT2D eigenvalue weighted by molar-refractivity contribution is 0.342. The minimum Gasteiger partial charge on any atom is -0.207 e. The van der Waals surface area contributed by atoms with Gasteiger partial charge in [0.2, 0.25) is 10.0 Å². The van der Waals surface area contributed by atoms with Crippen molar-refractivity contribution >= 4 is 37.6 Å². The Morgan fingerprint density at radius 1 is 1.35 bits per heavy atom. The number of hydrogen-bond donors (Lipinski definition) is 0. The van der Waals surface area contributed by atoms with Gasteiger partial charge < -0.3 is 0 Å². The predicted octanol–water partition coefficient (Wildman–Crippen LogP) is 4.14. The van der Waals surface area contributed by atoms with Crippen molar-refractivity contribution in [1.29, 1.82) is 0 Å². The summed E-state index contributed by atoms with van der Waals surface area (Å²) in [6.45, 7) is 2.59. The Balaban J connectivity index is 2.43. The van der Waals surface area contributed by atoms with E-state index in [0.29, 0.717) is 21.8 Å². The van der Waals surface area contributed by atoms with Crippen molar-refractivity contribution in [2.24, 2.45) is 0 Å². The summed E-state index contributed by atoms with van der Waals surface area (Å²) in [5, 5.41) is 0. The molecule has 1 fully saturated rings. The summed E-state index contributed by atoms with van der Waals surface area (Å²) in [5.41, 5.74) is 0.816. The van der Waals surface area contributed by atoms with Crippen molar-refractivity contribution in [2.45, 2.75) is 49.4 Å². The minimum atomic E-state index is -3.47. The van der Waals surface area contributed by atoms with Gasteiger partial charge in [0, 0.05) is 22.9 Å². The Labute approximate surface area is 134 Å². The summed E-state index contributed by atoms with van der Waals surface area (Å²) in [5.74, 6) is 0.311. The molecule has 0 N–H and O–H groups in total. The zero-order valence-corrected chi connectivity index (χ0v) is 14.6. The molecule has 3 nitrogen and oxygen atoms in total. The van der Waals surface area contributed by atoms with E-state index in [9.17, 15) is 8.42 Å². The van der Waals surface area contributed by atoms with Gasteiger partial charge in [-0.25, -0.2) is 8.42 Å². The smallest absolute Gasteiger partial charge is 0.207 e. The lowest BCUT2D eigenvalue weighted by Crippen LogP contribution is -2.38. The molecule has 0 saturated carbocycles. The molecule has 112 valence electrons. The maximum Gasteiger partial charge on any atom is 0.244 e. The van der Waals surface area contributed by atoms with E-state index in [-0.39, 0.29) is 6.04 Å². The molecule has 1 heterocycles. The van der Waals surface area contributed by atoms with Crippen LogP contribution in [0.2, 0.25) is 0 Å². The molecule has 20 heavy (non-hydrogen) atoms. The maximum atomic E-state index is 12.9. The van der Waals surface area contributed by atoms with Crippen LogP contribution in [0.1, 0.15) is 38.2 Å². The van der Waals surface area contributed by atoms with Crippen molar-refractivity contribution in [3.05, 3.63) is 28.2 Å². The molecule has 0 aromatic heterocycles. The van der Waals surface area contributed by atoms with Gasteiger partial charge in [-0.1, -0.05) is 18.9 Å². The molecule has 1 unspecified atom stereocenters. The fourth-order valence-electron chi connectivity index (χ4n) is 2.56. The quantitative estimate of drug-likeness (QED) is 0.739. The molecule has 2 rings (SSSR count). The normalized spacial score (nSPS) is 21.6. The third-order valence-corrected chi connectivity index (χ3v) is 7.04. The van der Waals surface area contributed by atoms with Crippen LogP contribution >= 0.6 is 27.5 Å². The van der Waals surface area contributed by atoms with Crippen LogP contribution in [0.3, 0.4) is 0 Å². The zero-order valence-electron chi connectivity index (χ0n) is 11.5. The van der Waals surface area contributed by atoms with Gasteiger partial charge in [0.25, 0.3) is 0 Å². The highest BCUT2D eigenvalue weighted by Crippen LogP contribution is 2.30. The van der Waals surface area contributed by atoms with Crippen LogP contribution in [-0.2, 0) is 15.9 Å². The number of hydrogen-bond acceptors (Lipinski definition) is 2. The van der Waals surface area contributed by atoms with Gasteiger partial charge in [0.1, 0.15) is 0 Å². The van der Waals surface area contributed by atoms with Crippen LogP contribution in [0.15, 0.2) is 27.6 Å². The molecule has 1 atom stereocenters. The molecule has 0 bridgehead atoms. The number of sulfonamides is 1. The third kappa shape index (κ3) is 3.38. The highest BCUT2D eigenvalue weighted by molar-refractivity contribution is 9.10. The van der Waals surface area contributed by atoms with Crippen molar-refractivity contribution in [2.75, 3.05) is 6.54 Å². The molecule has 1 aromatic rings. The van der Waals surface area contributed by atoms with Crippen molar-refractivity contribution < 1.29 is 8.42 Å². The zero-order chi connectivity index (χ0) is 14.8. The molecule has 1 aliphatic heterocycles. The molecule has 0 aliphatic carbocycles. The van der Waals surface area contributed by atoms with E-state index in [1.165, 1.54) is 0 Å². The predicted molar refractivity (Wildman–Crippen MR) is 85.5 cm³/mol. The van der Waals surface area contributed by atoms with E-state index < -0.39 is 10.0 Å². The van der Waals surface area contributed by atoms with Gasteiger partial charge in [-0.05, 0) is 53.4 Å². The van der Waals surface area contributed by atoms with Crippen molar-refractivity contribution in [1.82, 2.24) is 4.31 Å². The van der Waals surface area contributed by atoms with Gasteiger partial charge in [-0.2, -0.15) is 4.31 Å². The second-order valence-electron chi connectivity index (χ2n) is 5.21. The fourth-order valence-corrected chi connectivity index (χ4v) is 5.40. The first-order valence-corrected chi connectivity index (χ1v) is 9.60. The molecular formula is C14H19BrClNO2S. The standard InChI is InChI=1S/C14H19BrClNO2S/c1-11-5-3-2-4-8-17(11)20(18,19)14-9-12(10-16)6-7-13(14)15/h6-7,9,11H,2-5,8,10H2,1H3. The fraction of sp³-hybridized carbons (Fsp3) is 0.571. The van der Waals surface area contributed by atoms with Crippen LogP contribution in [0.5, 0.6) is 0 Å². The number of halogens is 2. The van der Waals surface area contributed by atoms with E-state index in [4.69, 9.17) is 11.6 Å². The minimum absolute atomic E-state index is 0.0501. The Kier molecular flexibility index (Phi) is 5.51. The van der Waals surface area contributed by atoms with Gasteiger partial charge in [-0.15, -0.1) is 11.6 Å². The molecule has 0 amide bonds. The van der Waals surface area contributed by atoms with E-state index in [2.05, 4.69) is 15.9 Å².